The van der Waals surface area contributed by atoms with Crippen molar-refractivity contribution < 1.29 is 36.7 Å². The van der Waals surface area contributed by atoms with Crippen LogP contribution in [0.5, 0.6) is 0 Å². The lowest BCUT2D eigenvalue weighted by molar-refractivity contribution is -0.141. The van der Waals surface area contributed by atoms with E-state index < -0.39 is 69.0 Å². The first-order chi connectivity index (χ1) is 20.6. The molecule has 242 valence electrons. The zero-order valence-corrected chi connectivity index (χ0v) is 26.4. The second kappa shape index (κ2) is 13.1. The van der Waals surface area contributed by atoms with E-state index in [1.807, 2.05) is 12.2 Å². The molecule has 4 atom stereocenters. The lowest BCUT2D eigenvalue weighted by atomic mass is 10.0. The molecule has 4 amide bonds. The number of nitrogens with one attached hydrogen (secondary N) is 3. The van der Waals surface area contributed by atoms with E-state index in [0.717, 1.165) is 29.3 Å². The molecule has 1 aromatic carbocycles. The quantitative estimate of drug-likeness (QED) is 0.421. The van der Waals surface area contributed by atoms with Crippen molar-refractivity contribution in [3.63, 3.8) is 0 Å². The van der Waals surface area contributed by atoms with Crippen LogP contribution in [0.15, 0.2) is 36.4 Å². The summed E-state index contributed by atoms with van der Waals surface area (Å²) in [6.45, 7) is 5.47. The molecule has 1 saturated heterocycles. The minimum absolute atomic E-state index is 0.136. The zero-order chi connectivity index (χ0) is 32.3. The highest BCUT2D eigenvalue weighted by Gasteiger charge is 2.61. The van der Waals surface area contributed by atoms with Crippen molar-refractivity contribution >= 4 is 39.7 Å². The molecule has 0 unspecified atom stereocenters. The van der Waals surface area contributed by atoms with Gasteiger partial charge in [-0.2, -0.15) is 8.42 Å². The second-order valence-electron chi connectivity index (χ2n) is 12.6. The van der Waals surface area contributed by atoms with Crippen LogP contribution in [-0.2, 0) is 29.3 Å². The van der Waals surface area contributed by atoms with E-state index in [0.29, 0.717) is 38.6 Å². The van der Waals surface area contributed by atoms with Crippen LogP contribution < -0.4 is 19.7 Å². The average Bonchev–Trinajstić information content (AvgIpc) is 3.40. The number of carbonyl (C=O) groups is 4. The standard InChI is InChI=1S/C30H42FN5O7S/c1-29(2,3)43-28(40)32-23-12-9-7-5-6-8-11-20-19-30(20,33-25(37)24-13-10-18-36(24)26(23)38)27(39)34-44(41,42)35(4)22-16-14-21(31)15-17-22/h8,11,14-17,20,23-24H,5-7,9-10,12-13,18-19H2,1-4H3,(H,32,40)(H,33,37)(H,34,39)/b11-8-/t20-,23-,24-,30+/m0/s1. The highest BCUT2D eigenvalue weighted by molar-refractivity contribution is 7.91. The van der Waals surface area contributed by atoms with Crippen LogP contribution in [0, 0.1) is 11.7 Å². The molecule has 0 bridgehead atoms. The van der Waals surface area contributed by atoms with E-state index in [4.69, 9.17) is 4.74 Å². The van der Waals surface area contributed by atoms with Crippen molar-refractivity contribution in [3.05, 3.63) is 42.2 Å². The fourth-order valence-electron chi connectivity index (χ4n) is 5.61. The van der Waals surface area contributed by atoms with E-state index in [1.165, 1.54) is 24.1 Å². The number of alkyl carbamates (subject to hydrolysis) is 1. The topological polar surface area (TPSA) is 154 Å². The predicted octanol–water partition coefficient (Wildman–Crippen LogP) is 2.90. The number of fused-ring (bicyclic) bond motifs is 2. The zero-order valence-electron chi connectivity index (χ0n) is 25.6. The third-order valence-corrected chi connectivity index (χ3v) is 9.47. The van der Waals surface area contributed by atoms with Crippen molar-refractivity contribution in [2.75, 3.05) is 17.9 Å². The summed E-state index contributed by atoms with van der Waals surface area (Å²) >= 11 is 0. The molecule has 3 N–H and O–H groups in total. The number of allylic oxidation sites excluding steroid dienone is 1. The van der Waals surface area contributed by atoms with Crippen LogP contribution in [0.1, 0.15) is 72.1 Å². The fraction of sp³-hybridized carbons (Fsp3) is 0.600. The van der Waals surface area contributed by atoms with E-state index in [2.05, 4.69) is 15.4 Å². The van der Waals surface area contributed by atoms with Gasteiger partial charge in [0.25, 0.3) is 5.91 Å². The van der Waals surface area contributed by atoms with E-state index in [-0.39, 0.29) is 12.1 Å². The van der Waals surface area contributed by atoms with Gasteiger partial charge in [0.15, 0.2) is 0 Å². The summed E-state index contributed by atoms with van der Waals surface area (Å²) in [4.78, 5) is 55.0. The Bertz CT molecular complexity index is 1400. The number of nitrogens with zero attached hydrogens (tertiary/aromatic N) is 2. The number of hydrogen-bond acceptors (Lipinski definition) is 7. The third kappa shape index (κ3) is 7.88. The lowest BCUT2D eigenvalue weighted by Gasteiger charge is -2.30. The largest absolute Gasteiger partial charge is 0.444 e. The molecule has 1 saturated carbocycles. The fourth-order valence-corrected chi connectivity index (χ4v) is 6.56. The molecule has 4 rings (SSSR count). The predicted molar refractivity (Wildman–Crippen MR) is 161 cm³/mol. The molecule has 2 fully saturated rings. The highest BCUT2D eigenvalue weighted by atomic mass is 32.2. The van der Waals surface area contributed by atoms with Gasteiger partial charge in [-0.15, -0.1) is 0 Å². The van der Waals surface area contributed by atoms with Gasteiger partial charge in [-0.3, -0.25) is 18.7 Å². The molecule has 14 heteroatoms. The smallest absolute Gasteiger partial charge is 0.408 e. The molecule has 1 aliphatic carbocycles. The van der Waals surface area contributed by atoms with Crippen molar-refractivity contribution in [1.82, 2.24) is 20.3 Å². The minimum Gasteiger partial charge on any atom is -0.444 e. The SMILES string of the molecule is CN(c1ccc(F)cc1)S(=O)(=O)NC(=O)[C@@]12C[C@@H]1/C=C\CCCCC[C@H](NC(=O)OC(C)(C)C)C(=O)N1CCC[C@H]1C(=O)N2. The monoisotopic (exact) mass is 635 g/mol. The van der Waals surface area contributed by atoms with Crippen molar-refractivity contribution in [1.29, 1.82) is 0 Å². The molecule has 3 aliphatic rings. The molecule has 0 aromatic heterocycles. The maximum atomic E-state index is 13.7. The number of rotatable bonds is 5. The summed E-state index contributed by atoms with van der Waals surface area (Å²) in [7, 11) is -3.18. The van der Waals surface area contributed by atoms with Crippen LogP contribution in [0.25, 0.3) is 0 Å². The van der Waals surface area contributed by atoms with Gasteiger partial charge in [0, 0.05) is 19.5 Å². The number of benzene rings is 1. The Kier molecular flexibility index (Phi) is 9.91. The Morgan fingerprint density at radius 2 is 1.80 bits per heavy atom. The number of amides is 4. The molecule has 12 nitrogen and oxygen atoms in total. The van der Waals surface area contributed by atoms with Gasteiger partial charge in [0.2, 0.25) is 11.8 Å². The molecule has 1 aromatic rings. The van der Waals surface area contributed by atoms with Gasteiger partial charge >= 0.3 is 16.3 Å². The molecule has 0 spiro atoms. The van der Waals surface area contributed by atoms with Crippen molar-refractivity contribution in [2.45, 2.75) is 95.4 Å². The second-order valence-corrected chi connectivity index (χ2v) is 14.3. The van der Waals surface area contributed by atoms with E-state index in [9.17, 15) is 32.0 Å². The van der Waals surface area contributed by atoms with E-state index in [1.54, 1.807) is 20.8 Å². The molecule has 0 radical (unpaired) electrons. The van der Waals surface area contributed by atoms with Gasteiger partial charge in [-0.25, -0.2) is 13.9 Å². The van der Waals surface area contributed by atoms with Crippen LogP contribution in [0.3, 0.4) is 0 Å². The summed E-state index contributed by atoms with van der Waals surface area (Å²) < 4.78 is 47.9. The Balaban J connectivity index is 1.55. The molecule has 2 aliphatic heterocycles. The first-order valence-electron chi connectivity index (χ1n) is 15.0. The molecule has 2 heterocycles. The average molecular weight is 636 g/mol. The summed E-state index contributed by atoms with van der Waals surface area (Å²) in [5, 5.41) is 5.47. The maximum Gasteiger partial charge on any atom is 0.408 e. The molecule has 44 heavy (non-hydrogen) atoms. The number of halogens is 1. The van der Waals surface area contributed by atoms with Crippen LogP contribution in [0.4, 0.5) is 14.9 Å². The van der Waals surface area contributed by atoms with Crippen LogP contribution >= 0.6 is 0 Å². The van der Waals surface area contributed by atoms with Gasteiger partial charge in [0.1, 0.15) is 29.0 Å². The molecular formula is C30H42FN5O7S. The number of ether oxygens (including phenoxy) is 1. The van der Waals surface area contributed by atoms with Gasteiger partial charge < -0.3 is 20.3 Å². The van der Waals surface area contributed by atoms with Crippen LogP contribution in [0.2, 0.25) is 0 Å². The minimum atomic E-state index is -4.41. The van der Waals surface area contributed by atoms with Gasteiger partial charge in [0.05, 0.1) is 5.69 Å². The summed E-state index contributed by atoms with van der Waals surface area (Å²) in [5.41, 5.74) is -2.15. The Morgan fingerprint density at radius 3 is 2.48 bits per heavy atom. The third-order valence-electron chi connectivity index (χ3n) is 8.10. The first-order valence-corrected chi connectivity index (χ1v) is 16.4. The highest BCUT2D eigenvalue weighted by Crippen LogP contribution is 2.45. The summed E-state index contributed by atoms with van der Waals surface area (Å²) in [6, 6.07) is 2.95. The number of hydrogen-bond donors (Lipinski definition) is 3. The maximum absolute atomic E-state index is 13.7. The van der Waals surface area contributed by atoms with Crippen molar-refractivity contribution in [3.8, 4) is 0 Å². The Morgan fingerprint density at radius 1 is 1.09 bits per heavy atom. The molecular weight excluding hydrogens is 593 g/mol. The van der Waals surface area contributed by atoms with E-state index >= 15 is 0 Å². The first kappa shape index (κ1) is 33.2. The van der Waals surface area contributed by atoms with Crippen LogP contribution in [-0.4, -0.2) is 73.9 Å². The Labute approximate surface area is 257 Å². The lowest BCUT2D eigenvalue weighted by Crippen LogP contribution is -2.59. The number of carbonyl (C=O) groups excluding carboxylic acids is 4. The summed E-state index contributed by atoms with van der Waals surface area (Å²) in [6.07, 6.45) is 7.39. The Hall–Kier alpha value is -3.68. The summed E-state index contributed by atoms with van der Waals surface area (Å²) in [5.74, 6) is -2.87. The van der Waals surface area contributed by atoms with Crippen molar-refractivity contribution in [2.24, 2.45) is 5.92 Å². The van der Waals surface area contributed by atoms with Gasteiger partial charge in [-0.05, 0) is 83.6 Å². The number of anilines is 1. The normalized spacial score (nSPS) is 27.0. The van der Waals surface area contributed by atoms with Gasteiger partial charge in [-0.1, -0.05) is 25.0 Å².